The monoisotopic (exact) mass is 660 g/mol. The maximum atomic E-state index is 14.9. The van der Waals surface area contributed by atoms with Crippen LogP contribution in [0.3, 0.4) is 0 Å². The van der Waals surface area contributed by atoms with Crippen LogP contribution < -0.4 is 15.4 Å². The summed E-state index contributed by atoms with van der Waals surface area (Å²) in [5.41, 5.74) is -2.38. The second kappa shape index (κ2) is 11.0. The van der Waals surface area contributed by atoms with Gasteiger partial charge in [-0.15, -0.1) is 0 Å². The number of hydrogen-bond donors (Lipinski definition) is 3. The van der Waals surface area contributed by atoms with Crippen molar-refractivity contribution >= 4 is 34.6 Å². The number of alkyl halides is 4. The molecule has 0 bridgehead atoms. The van der Waals surface area contributed by atoms with E-state index in [1.807, 2.05) is 0 Å². The third kappa shape index (κ3) is 6.43. The van der Waals surface area contributed by atoms with Crippen molar-refractivity contribution in [3.63, 3.8) is 0 Å². The topological polar surface area (TPSA) is 87.7 Å². The number of urea groups is 1. The van der Waals surface area contributed by atoms with Crippen LogP contribution in [-0.2, 0) is 16.8 Å². The van der Waals surface area contributed by atoms with Crippen molar-refractivity contribution in [3.05, 3.63) is 101 Å². The van der Waals surface area contributed by atoms with E-state index in [1.54, 1.807) is 30.3 Å². The van der Waals surface area contributed by atoms with Crippen LogP contribution in [0.1, 0.15) is 29.5 Å². The van der Waals surface area contributed by atoms with E-state index >= 15 is 0 Å². The van der Waals surface area contributed by atoms with Crippen molar-refractivity contribution in [1.82, 2.24) is 10.6 Å². The molecule has 3 aromatic rings. The summed E-state index contributed by atoms with van der Waals surface area (Å²) in [7, 11) is 0. The molecule has 1 unspecified atom stereocenters. The molecule has 12 heteroatoms. The molecule has 1 saturated carbocycles. The molecule has 0 radical (unpaired) electrons. The molecule has 1 fully saturated rings. The number of carboxylic acid groups (broad SMARTS) is 1. The second-order valence-corrected chi connectivity index (χ2v) is 10.7. The van der Waals surface area contributed by atoms with Crippen molar-refractivity contribution in [1.29, 1.82) is 0 Å². The van der Waals surface area contributed by atoms with Crippen LogP contribution in [0.5, 0.6) is 5.75 Å². The fourth-order valence-electron chi connectivity index (χ4n) is 4.23. The van der Waals surface area contributed by atoms with Crippen LogP contribution >= 0.6 is 22.6 Å². The van der Waals surface area contributed by atoms with Gasteiger partial charge in [0, 0.05) is 35.1 Å². The SMILES string of the molecule is O=C(NC1(C(=O)O)CC1)N[C@](Cc1ccccc1)(c1ccc(F)cc1)c1cc(F)cc(OC(F)(I)C(F)F)c1. The van der Waals surface area contributed by atoms with E-state index in [1.165, 1.54) is 12.1 Å². The number of halogens is 6. The molecule has 0 heterocycles. The summed E-state index contributed by atoms with van der Waals surface area (Å²) in [4.78, 5) is 24.9. The van der Waals surface area contributed by atoms with E-state index in [0.717, 1.165) is 46.9 Å². The Bertz CT molecular complexity index is 1350. The van der Waals surface area contributed by atoms with Crippen LogP contribution in [-0.4, -0.2) is 32.9 Å². The number of hydrogen-bond acceptors (Lipinski definition) is 3. The summed E-state index contributed by atoms with van der Waals surface area (Å²) >= 11 is 0.757. The zero-order valence-corrected chi connectivity index (χ0v) is 22.2. The van der Waals surface area contributed by atoms with Gasteiger partial charge in [-0.05, 0) is 53.8 Å². The van der Waals surface area contributed by atoms with E-state index in [2.05, 4.69) is 10.6 Å². The van der Waals surface area contributed by atoms with Crippen molar-refractivity contribution in [3.8, 4) is 5.75 Å². The molecule has 1 aliphatic carbocycles. The first kappa shape index (κ1) is 28.6. The minimum absolute atomic E-state index is 0.0512. The van der Waals surface area contributed by atoms with Gasteiger partial charge < -0.3 is 20.5 Å². The second-order valence-electron chi connectivity index (χ2n) is 9.18. The third-order valence-corrected chi connectivity index (χ3v) is 7.05. The highest BCUT2D eigenvalue weighted by Gasteiger charge is 2.52. The maximum Gasteiger partial charge on any atom is 0.359 e. The zero-order chi connectivity index (χ0) is 28.4. The quantitative estimate of drug-likeness (QED) is 0.140. The molecule has 6 nitrogen and oxygen atoms in total. The van der Waals surface area contributed by atoms with Gasteiger partial charge in [0.25, 0.3) is 0 Å². The summed E-state index contributed by atoms with van der Waals surface area (Å²) in [6.07, 6.45) is -3.25. The van der Waals surface area contributed by atoms with Crippen molar-refractivity contribution < 1.29 is 41.4 Å². The summed E-state index contributed by atoms with van der Waals surface area (Å²) in [5, 5.41) is 14.7. The average molecular weight is 660 g/mol. The standard InChI is InChI=1S/C27H22F5IN2O4/c28-19-8-6-17(7-9-19)26(15-16-4-2-1-3-5-16,35-24(38)34-25(10-11-25)23(36)37)18-12-20(29)14-21(13-18)39-27(32,33)22(30)31/h1-9,12-14,22H,10-11,15H2,(H,36,37)(H2,34,35,38)/t26-,27?/m1/s1. The zero-order valence-electron chi connectivity index (χ0n) is 20.1. The normalized spacial score (nSPS) is 17.0. The maximum absolute atomic E-state index is 14.9. The molecular weight excluding hydrogens is 638 g/mol. The average Bonchev–Trinajstić information content (AvgIpc) is 3.64. The molecule has 0 aliphatic heterocycles. The highest BCUT2D eigenvalue weighted by atomic mass is 127. The van der Waals surface area contributed by atoms with Crippen LogP contribution in [0.4, 0.5) is 26.7 Å². The lowest BCUT2D eigenvalue weighted by molar-refractivity contribution is -0.140. The lowest BCUT2D eigenvalue weighted by Crippen LogP contribution is -2.56. The number of nitrogens with one attached hydrogen (secondary N) is 2. The molecule has 2 atom stereocenters. The van der Waals surface area contributed by atoms with E-state index in [9.17, 15) is 36.6 Å². The van der Waals surface area contributed by atoms with E-state index < -0.39 is 50.7 Å². The molecule has 4 rings (SSSR count). The molecule has 0 saturated heterocycles. The molecule has 206 valence electrons. The Morgan fingerprint density at radius 3 is 2.18 bits per heavy atom. The fraction of sp³-hybridized carbons (Fsp3) is 0.259. The minimum Gasteiger partial charge on any atom is -0.480 e. The number of amides is 2. The molecule has 1 aliphatic rings. The van der Waals surface area contributed by atoms with Crippen LogP contribution in [0.15, 0.2) is 72.8 Å². The van der Waals surface area contributed by atoms with Gasteiger partial charge in [-0.25, -0.2) is 27.2 Å². The van der Waals surface area contributed by atoms with Gasteiger partial charge in [0.05, 0.1) is 5.54 Å². The van der Waals surface area contributed by atoms with E-state index in [4.69, 9.17) is 4.74 Å². The highest BCUT2D eigenvalue weighted by Crippen LogP contribution is 2.40. The lowest BCUT2D eigenvalue weighted by atomic mass is 9.77. The first-order valence-corrected chi connectivity index (χ1v) is 12.7. The van der Waals surface area contributed by atoms with Gasteiger partial charge in [0.1, 0.15) is 22.9 Å². The number of rotatable bonds is 10. The number of carboxylic acids is 1. The summed E-state index contributed by atoms with van der Waals surface area (Å²) in [6, 6.07) is 15.4. The minimum atomic E-state index is -3.56. The number of carbonyl (C=O) groups is 2. The molecule has 0 spiro atoms. The first-order chi connectivity index (χ1) is 18.3. The Labute approximate surface area is 233 Å². The smallest absolute Gasteiger partial charge is 0.359 e. The summed E-state index contributed by atoms with van der Waals surface area (Å²) < 4.78 is 70.8. The van der Waals surface area contributed by atoms with Gasteiger partial charge >= 0.3 is 22.3 Å². The van der Waals surface area contributed by atoms with Crippen molar-refractivity contribution in [2.24, 2.45) is 0 Å². The highest BCUT2D eigenvalue weighted by molar-refractivity contribution is 14.1. The summed E-state index contributed by atoms with van der Waals surface area (Å²) in [6.45, 7) is 0. The number of aliphatic carboxylic acids is 1. The van der Waals surface area contributed by atoms with Crippen LogP contribution in [0.25, 0.3) is 0 Å². The van der Waals surface area contributed by atoms with Gasteiger partial charge in [-0.2, -0.15) is 4.39 Å². The lowest BCUT2D eigenvalue weighted by Gasteiger charge is -2.37. The fourth-order valence-corrected chi connectivity index (χ4v) is 4.48. The Balaban J connectivity index is 1.88. The molecule has 3 N–H and O–H groups in total. The van der Waals surface area contributed by atoms with Gasteiger partial charge in [0.15, 0.2) is 0 Å². The molecule has 2 amide bonds. The largest absolute Gasteiger partial charge is 0.480 e. The van der Waals surface area contributed by atoms with Crippen molar-refractivity contribution in [2.75, 3.05) is 0 Å². The number of carbonyl (C=O) groups excluding carboxylic acids is 1. The Morgan fingerprint density at radius 1 is 0.974 bits per heavy atom. The molecule has 3 aromatic carbocycles. The predicted octanol–water partition coefficient (Wildman–Crippen LogP) is 6.07. The van der Waals surface area contributed by atoms with E-state index in [0.29, 0.717) is 11.6 Å². The molecule has 39 heavy (non-hydrogen) atoms. The van der Waals surface area contributed by atoms with Gasteiger partial charge in [-0.3, -0.25) is 0 Å². The Hall–Kier alpha value is -3.42. The Morgan fingerprint density at radius 2 is 1.62 bits per heavy atom. The van der Waals surface area contributed by atoms with E-state index in [-0.39, 0.29) is 30.4 Å². The third-order valence-electron chi connectivity index (χ3n) is 6.36. The number of ether oxygens (including phenoxy) is 1. The van der Waals surface area contributed by atoms with Crippen LogP contribution in [0, 0.1) is 11.6 Å². The first-order valence-electron chi connectivity index (χ1n) is 11.6. The van der Waals surface area contributed by atoms with Crippen molar-refractivity contribution in [2.45, 2.75) is 40.6 Å². The van der Waals surface area contributed by atoms with Gasteiger partial charge in [0.2, 0.25) is 0 Å². The Kier molecular flexibility index (Phi) is 8.05. The van der Waals surface area contributed by atoms with Crippen LogP contribution in [0.2, 0.25) is 0 Å². The van der Waals surface area contributed by atoms with Gasteiger partial charge in [-0.1, -0.05) is 42.5 Å². The summed E-state index contributed by atoms with van der Waals surface area (Å²) in [5.74, 6) is -3.42. The molecular formula is C27H22F5IN2O4. The predicted molar refractivity (Wildman–Crippen MR) is 139 cm³/mol. The molecule has 0 aromatic heterocycles. The number of benzene rings is 3.